The van der Waals surface area contributed by atoms with Gasteiger partial charge in [0, 0.05) is 6.61 Å². The topological polar surface area (TPSA) is 20.2 Å². The van der Waals surface area contributed by atoms with Crippen LogP contribution in [0.2, 0.25) is 0 Å². The first-order chi connectivity index (χ1) is 6.15. The molecule has 4 heteroatoms. The van der Waals surface area contributed by atoms with E-state index < -0.39 is 4.30 Å². The van der Waals surface area contributed by atoms with Gasteiger partial charge in [-0.2, -0.15) is 0 Å². The molecule has 0 spiro atoms. The van der Waals surface area contributed by atoms with Crippen LogP contribution in [0.25, 0.3) is 0 Å². The van der Waals surface area contributed by atoms with Gasteiger partial charge in [-0.15, -0.1) is 0 Å². The molecule has 1 fully saturated rings. The van der Waals surface area contributed by atoms with Crippen molar-refractivity contribution in [1.82, 2.24) is 0 Å². The Balaban J connectivity index is 0. The van der Waals surface area contributed by atoms with Crippen LogP contribution in [-0.4, -0.2) is 16.0 Å². The molecular weight excluding hydrogens is 230 g/mol. The predicted octanol–water partition coefficient (Wildman–Crippen LogP) is 4.33. The number of rotatable bonds is 0. The fourth-order valence-electron chi connectivity index (χ4n) is 1.06. The maximum atomic E-state index is 7.57. The van der Waals surface area contributed by atoms with Crippen LogP contribution in [0, 0.1) is 0 Å². The summed E-state index contributed by atoms with van der Waals surface area (Å²) in [4.78, 5) is 0. The van der Waals surface area contributed by atoms with Crippen molar-refractivity contribution in [3.8, 4) is 0 Å². The van der Waals surface area contributed by atoms with Gasteiger partial charge >= 0.3 is 0 Å². The van der Waals surface area contributed by atoms with Crippen molar-refractivity contribution in [3.05, 3.63) is 0 Å². The molecule has 1 rings (SSSR count). The van der Waals surface area contributed by atoms with Crippen molar-refractivity contribution in [2.45, 2.75) is 49.7 Å². The van der Waals surface area contributed by atoms with Crippen molar-refractivity contribution in [1.29, 1.82) is 0 Å². The summed E-state index contributed by atoms with van der Waals surface area (Å²) in [5.74, 6) is 0. The smallest absolute Gasteiger partial charge is 0.180 e. The highest BCUT2D eigenvalue weighted by Crippen LogP contribution is 2.15. The molecular formula is C9H19Cl3O. The third-order valence-corrected chi connectivity index (χ3v) is 1.50. The molecule has 1 aliphatic rings. The maximum Gasteiger partial charge on any atom is 0.180 e. The minimum Gasteiger partial charge on any atom is -0.397 e. The molecule has 1 nitrogen and oxygen atoms in total. The SMILES string of the molecule is C1CCCCC1.CCO.ClC(Cl)Cl. The Morgan fingerprint density at radius 2 is 1.00 bits per heavy atom. The van der Waals surface area contributed by atoms with Crippen LogP contribution in [0.1, 0.15) is 45.4 Å². The average molecular weight is 250 g/mol. The lowest BCUT2D eigenvalue weighted by Crippen LogP contribution is -1.85. The predicted molar refractivity (Wildman–Crippen MR) is 61.8 cm³/mol. The molecule has 1 saturated carbocycles. The summed E-state index contributed by atoms with van der Waals surface area (Å²) in [6.45, 7) is 1.93. The molecule has 0 heterocycles. The first-order valence-electron chi connectivity index (χ1n) is 4.68. The summed E-state index contributed by atoms with van der Waals surface area (Å²) in [6, 6.07) is 0. The molecule has 0 bridgehead atoms. The van der Waals surface area contributed by atoms with Crippen LogP contribution in [0.5, 0.6) is 0 Å². The lowest BCUT2D eigenvalue weighted by Gasteiger charge is -2.05. The van der Waals surface area contributed by atoms with Gasteiger partial charge in [0.05, 0.1) is 0 Å². The highest BCUT2D eigenvalue weighted by Gasteiger charge is 1.95. The summed E-state index contributed by atoms with van der Waals surface area (Å²) < 4.78 is -0.750. The Morgan fingerprint density at radius 1 is 0.923 bits per heavy atom. The van der Waals surface area contributed by atoms with Crippen LogP contribution < -0.4 is 0 Å². The van der Waals surface area contributed by atoms with Crippen LogP contribution in [0.4, 0.5) is 0 Å². The van der Waals surface area contributed by atoms with Gasteiger partial charge in [-0.3, -0.25) is 0 Å². The van der Waals surface area contributed by atoms with Gasteiger partial charge in [0.15, 0.2) is 4.30 Å². The zero-order valence-electron chi connectivity index (χ0n) is 8.11. The first-order valence-corrected chi connectivity index (χ1v) is 5.99. The fraction of sp³-hybridized carbons (Fsp3) is 1.00. The van der Waals surface area contributed by atoms with Crippen molar-refractivity contribution < 1.29 is 5.11 Å². The molecule has 0 aliphatic heterocycles. The van der Waals surface area contributed by atoms with Crippen LogP contribution >= 0.6 is 34.8 Å². The van der Waals surface area contributed by atoms with E-state index in [1.807, 2.05) is 0 Å². The van der Waals surface area contributed by atoms with E-state index in [1.54, 1.807) is 6.92 Å². The average Bonchev–Trinajstić information content (AvgIpc) is 2.08. The summed E-state index contributed by atoms with van der Waals surface area (Å²) in [6.07, 6.45) is 9.00. The highest BCUT2D eigenvalue weighted by molar-refractivity contribution is 6.63. The quantitative estimate of drug-likeness (QED) is 0.634. The van der Waals surface area contributed by atoms with Crippen LogP contribution in [0.15, 0.2) is 0 Å². The van der Waals surface area contributed by atoms with Crippen molar-refractivity contribution in [2.24, 2.45) is 0 Å². The molecule has 0 amide bonds. The van der Waals surface area contributed by atoms with E-state index in [4.69, 9.17) is 39.9 Å². The van der Waals surface area contributed by atoms with Gasteiger partial charge in [0.25, 0.3) is 0 Å². The Kier molecular flexibility index (Phi) is 19.2. The number of aliphatic hydroxyl groups excluding tert-OH is 1. The van der Waals surface area contributed by atoms with E-state index in [0.717, 1.165) is 0 Å². The second-order valence-corrected chi connectivity index (χ2v) is 4.66. The lowest BCUT2D eigenvalue weighted by atomic mass is 10.0. The zero-order valence-corrected chi connectivity index (χ0v) is 10.4. The maximum absolute atomic E-state index is 7.57. The second-order valence-electron chi connectivity index (χ2n) is 2.68. The molecule has 0 saturated heterocycles. The molecule has 1 N–H and O–H groups in total. The molecule has 0 unspecified atom stereocenters. The Morgan fingerprint density at radius 3 is 1.08 bits per heavy atom. The molecule has 82 valence electrons. The van der Waals surface area contributed by atoms with Gasteiger partial charge in [0.1, 0.15) is 0 Å². The Labute approximate surface area is 96.4 Å². The Bertz CT molecular complexity index is 61.0. The van der Waals surface area contributed by atoms with Crippen molar-refractivity contribution >= 4 is 34.8 Å². The number of halogens is 3. The summed E-state index contributed by atoms with van der Waals surface area (Å²) in [7, 11) is 0. The summed E-state index contributed by atoms with van der Waals surface area (Å²) in [5, 5.41) is 7.57. The van der Waals surface area contributed by atoms with Gasteiger partial charge in [-0.05, 0) is 6.92 Å². The lowest BCUT2D eigenvalue weighted by molar-refractivity contribution is 0.318. The van der Waals surface area contributed by atoms with Gasteiger partial charge < -0.3 is 5.11 Å². The number of aliphatic hydroxyl groups is 1. The standard InChI is InChI=1S/C6H12.C2H6O.CHCl3/c1-2-4-6-5-3-1;1-2-3;2-1(3)4/h1-6H2;3H,2H2,1H3;1H. The molecule has 13 heavy (non-hydrogen) atoms. The number of hydrogen-bond acceptors (Lipinski definition) is 1. The first kappa shape index (κ1) is 16.3. The third-order valence-electron chi connectivity index (χ3n) is 1.50. The van der Waals surface area contributed by atoms with Crippen molar-refractivity contribution in [3.63, 3.8) is 0 Å². The van der Waals surface area contributed by atoms with E-state index in [1.165, 1.54) is 38.5 Å². The normalized spacial score (nSPS) is 15.2. The van der Waals surface area contributed by atoms with Crippen molar-refractivity contribution in [2.75, 3.05) is 6.61 Å². The van der Waals surface area contributed by atoms with Crippen LogP contribution in [0.3, 0.4) is 0 Å². The number of hydrogen-bond donors (Lipinski definition) is 1. The molecule has 0 aromatic carbocycles. The third kappa shape index (κ3) is 32.3. The molecule has 1 aliphatic carbocycles. The van der Waals surface area contributed by atoms with E-state index >= 15 is 0 Å². The second kappa shape index (κ2) is 15.3. The Hall–Kier alpha value is 0.830. The van der Waals surface area contributed by atoms with Crippen LogP contribution in [-0.2, 0) is 0 Å². The molecule has 0 radical (unpaired) electrons. The largest absolute Gasteiger partial charge is 0.397 e. The minimum atomic E-state index is -0.750. The zero-order chi connectivity index (χ0) is 10.5. The van der Waals surface area contributed by atoms with E-state index in [9.17, 15) is 0 Å². The fourth-order valence-corrected chi connectivity index (χ4v) is 1.06. The molecule has 0 aromatic heterocycles. The van der Waals surface area contributed by atoms with Gasteiger partial charge in [-0.25, -0.2) is 0 Å². The van der Waals surface area contributed by atoms with E-state index in [2.05, 4.69) is 0 Å². The summed E-state index contributed by atoms with van der Waals surface area (Å²) in [5.41, 5.74) is 0. The monoisotopic (exact) mass is 248 g/mol. The highest BCUT2D eigenvalue weighted by atomic mass is 35.6. The van der Waals surface area contributed by atoms with Gasteiger partial charge in [-0.1, -0.05) is 73.3 Å². The number of alkyl halides is 3. The summed E-state index contributed by atoms with van der Waals surface area (Å²) >= 11 is 14.4. The molecule has 0 aromatic rings. The van der Waals surface area contributed by atoms with Gasteiger partial charge in [0.2, 0.25) is 0 Å². The molecule has 0 atom stereocenters. The minimum absolute atomic E-state index is 0.250. The van der Waals surface area contributed by atoms with E-state index in [0.29, 0.717) is 0 Å². The van der Waals surface area contributed by atoms with E-state index in [-0.39, 0.29) is 6.61 Å².